The average Bonchev–Trinajstić information content (AvgIpc) is 2.88. The van der Waals surface area contributed by atoms with Gasteiger partial charge in [-0.05, 0) is 75.3 Å². The van der Waals surface area contributed by atoms with Gasteiger partial charge in [0.05, 0.1) is 27.0 Å². The molecule has 8 heteroatoms. The first-order valence-corrected chi connectivity index (χ1v) is 15.4. The Morgan fingerprint density at radius 2 is 0.739 bits per heavy atom. The molecule has 2 N–H and O–H groups in total. The van der Waals surface area contributed by atoms with Crippen LogP contribution in [0, 0.1) is 20.2 Å². The lowest BCUT2D eigenvalue weighted by Gasteiger charge is -2.27. The van der Waals surface area contributed by atoms with Gasteiger partial charge in [0.25, 0.3) is 11.4 Å². The Kier molecular flexibility index (Phi) is 9.70. The molecule has 3 aromatic carbocycles. The number of nitro benzene ring substituents is 2. The monoisotopic (exact) mass is 628 g/mol. The third-order valence-electron chi connectivity index (χ3n) is 7.98. The molecule has 46 heavy (non-hydrogen) atoms. The molecule has 8 nitrogen and oxygen atoms in total. The third kappa shape index (κ3) is 8.03. The fourth-order valence-electron chi connectivity index (χ4n) is 5.36. The number of nitro groups is 2. The molecule has 0 fully saturated rings. The van der Waals surface area contributed by atoms with E-state index in [1.165, 1.54) is 6.07 Å². The number of hydrogen-bond donors (Lipinski definition) is 2. The molecule has 0 aliphatic heterocycles. The molecule has 0 unspecified atom stereocenters. The summed E-state index contributed by atoms with van der Waals surface area (Å²) in [6.45, 7) is 24.1. The molecule has 0 saturated heterocycles. The molecule has 0 radical (unpaired) electrons. The molecule has 0 aliphatic rings. The van der Waals surface area contributed by atoms with Crippen molar-refractivity contribution in [2.75, 3.05) is 0 Å². The van der Waals surface area contributed by atoms with E-state index in [2.05, 4.69) is 0 Å². The smallest absolute Gasteiger partial charge is 0.283 e. The summed E-state index contributed by atoms with van der Waals surface area (Å²) in [6, 6.07) is 9.91. The van der Waals surface area contributed by atoms with Gasteiger partial charge in [-0.2, -0.15) is 0 Å². The molecular formula is C38H48N2O6. The molecule has 0 atom stereocenters. The Morgan fingerprint density at radius 1 is 0.478 bits per heavy atom. The quantitative estimate of drug-likeness (QED) is 0.159. The van der Waals surface area contributed by atoms with Gasteiger partial charge in [0, 0.05) is 22.3 Å². The van der Waals surface area contributed by atoms with Crippen LogP contribution in [0.2, 0.25) is 0 Å². The van der Waals surface area contributed by atoms with Gasteiger partial charge in [-0.25, -0.2) is 0 Å². The van der Waals surface area contributed by atoms with Crippen molar-refractivity contribution in [3.05, 3.63) is 101 Å². The van der Waals surface area contributed by atoms with Crippen molar-refractivity contribution in [2.24, 2.45) is 0 Å². The van der Waals surface area contributed by atoms with E-state index >= 15 is 0 Å². The van der Waals surface area contributed by atoms with Crippen molar-refractivity contribution >= 4 is 35.7 Å². The Morgan fingerprint density at radius 3 is 0.957 bits per heavy atom. The fourth-order valence-corrected chi connectivity index (χ4v) is 5.36. The van der Waals surface area contributed by atoms with Crippen LogP contribution in [0.4, 0.5) is 11.4 Å². The SMILES string of the molecule is CC(C)(C)c1cc(/C=C\c2cc(/C=C\c3cc(C(C)(C)C)c(O)c(C(C)(C)C)c3)c([N+](=O)[O-])cc2[N+](=O)[O-])cc(C(C)(C)C)c1O. The Hall–Kier alpha value is -4.46. The Balaban J connectivity index is 2.25. The maximum absolute atomic E-state index is 12.1. The predicted octanol–water partition coefficient (Wildman–Crippen LogP) is 10.4. The van der Waals surface area contributed by atoms with Crippen molar-refractivity contribution < 1.29 is 20.1 Å². The molecule has 0 spiro atoms. The predicted molar refractivity (Wildman–Crippen MR) is 189 cm³/mol. The number of hydrogen-bond acceptors (Lipinski definition) is 6. The van der Waals surface area contributed by atoms with E-state index in [-0.39, 0.29) is 55.7 Å². The summed E-state index contributed by atoms with van der Waals surface area (Å²) in [5.74, 6) is 0.453. The molecule has 246 valence electrons. The summed E-state index contributed by atoms with van der Waals surface area (Å²) < 4.78 is 0. The first kappa shape index (κ1) is 36.0. The summed E-state index contributed by atoms with van der Waals surface area (Å²) in [5, 5.41) is 46.4. The van der Waals surface area contributed by atoms with Crippen molar-refractivity contribution in [1.29, 1.82) is 0 Å². The minimum atomic E-state index is -0.622. The van der Waals surface area contributed by atoms with Gasteiger partial charge < -0.3 is 10.2 Å². The second-order valence-electron chi connectivity index (χ2n) is 16.1. The van der Waals surface area contributed by atoms with Crippen LogP contribution >= 0.6 is 0 Å². The summed E-state index contributed by atoms with van der Waals surface area (Å²) in [4.78, 5) is 22.9. The Labute approximate surface area is 272 Å². The highest BCUT2D eigenvalue weighted by Gasteiger charge is 2.28. The molecule has 3 rings (SSSR count). The minimum Gasteiger partial charge on any atom is -0.507 e. The molecule has 0 bridgehead atoms. The first-order chi connectivity index (χ1) is 20.8. The summed E-state index contributed by atoms with van der Waals surface area (Å²) in [7, 11) is 0. The van der Waals surface area contributed by atoms with Gasteiger partial charge in [-0.3, -0.25) is 20.2 Å². The van der Waals surface area contributed by atoms with Crippen LogP contribution in [0.25, 0.3) is 24.3 Å². The van der Waals surface area contributed by atoms with E-state index in [4.69, 9.17) is 0 Å². The third-order valence-corrected chi connectivity index (χ3v) is 7.98. The molecule has 3 aromatic rings. The van der Waals surface area contributed by atoms with E-state index in [1.807, 2.05) is 107 Å². The lowest BCUT2D eigenvalue weighted by molar-refractivity contribution is -0.394. The maximum atomic E-state index is 12.1. The zero-order valence-electron chi connectivity index (χ0n) is 29.2. The van der Waals surface area contributed by atoms with Crippen molar-refractivity contribution in [3.63, 3.8) is 0 Å². The largest absolute Gasteiger partial charge is 0.507 e. The lowest BCUT2D eigenvalue weighted by Crippen LogP contribution is -2.17. The van der Waals surface area contributed by atoms with Gasteiger partial charge in [0.2, 0.25) is 0 Å². The standard InChI is InChI=1S/C38H48N2O6/c1-35(2,3)27-17-23(18-28(33(27)41)36(4,5)6)13-15-25-21-26(32(40(45)46)22-31(25)39(43)44)16-14-24-19-29(37(7,8)9)34(42)30(20-24)38(10,11)12/h13-22,41-42H,1-12H3/b15-13-,16-14-. The van der Waals surface area contributed by atoms with Gasteiger partial charge in [-0.15, -0.1) is 0 Å². The lowest BCUT2D eigenvalue weighted by atomic mass is 9.78. The number of nitrogens with zero attached hydrogens (tertiary/aromatic N) is 2. The number of phenols is 2. The van der Waals surface area contributed by atoms with Crippen LogP contribution < -0.4 is 0 Å². The molecule has 0 aliphatic carbocycles. The van der Waals surface area contributed by atoms with Gasteiger partial charge in [-0.1, -0.05) is 95.2 Å². The maximum Gasteiger partial charge on any atom is 0.283 e. The Bertz CT molecular complexity index is 1540. The minimum absolute atomic E-state index is 0.203. The van der Waals surface area contributed by atoms with Gasteiger partial charge in [0.1, 0.15) is 11.5 Å². The zero-order valence-corrected chi connectivity index (χ0v) is 29.2. The van der Waals surface area contributed by atoms with E-state index in [0.29, 0.717) is 0 Å². The normalized spacial score (nSPS) is 13.1. The van der Waals surface area contributed by atoms with Crippen molar-refractivity contribution in [2.45, 2.75) is 105 Å². The molecular weight excluding hydrogens is 580 g/mol. The average molecular weight is 629 g/mol. The topological polar surface area (TPSA) is 127 Å². The van der Waals surface area contributed by atoms with E-state index in [0.717, 1.165) is 39.4 Å². The number of rotatable bonds is 6. The highest BCUT2D eigenvalue weighted by molar-refractivity contribution is 5.82. The van der Waals surface area contributed by atoms with E-state index in [1.54, 1.807) is 24.3 Å². The van der Waals surface area contributed by atoms with Gasteiger partial charge >= 0.3 is 0 Å². The summed E-state index contributed by atoms with van der Waals surface area (Å²) in [5.41, 5.74) is 2.66. The number of benzene rings is 3. The highest BCUT2D eigenvalue weighted by Crippen LogP contribution is 2.42. The number of aromatic hydroxyl groups is 2. The molecule has 0 saturated carbocycles. The van der Waals surface area contributed by atoms with E-state index < -0.39 is 9.85 Å². The summed E-state index contributed by atoms with van der Waals surface area (Å²) >= 11 is 0. The summed E-state index contributed by atoms with van der Waals surface area (Å²) in [6.07, 6.45) is 6.63. The molecule has 0 amide bonds. The molecule has 0 heterocycles. The van der Waals surface area contributed by atoms with Gasteiger partial charge in [0.15, 0.2) is 0 Å². The van der Waals surface area contributed by atoms with E-state index in [9.17, 15) is 30.4 Å². The zero-order chi connectivity index (χ0) is 35.2. The fraction of sp³-hybridized carbons (Fsp3) is 0.421. The second-order valence-corrected chi connectivity index (χ2v) is 16.1. The van der Waals surface area contributed by atoms with Crippen LogP contribution in [0.1, 0.15) is 128 Å². The molecule has 0 aromatic heterocycles. The van der Waals surface area contributed by atoms with Crippen molar-refractivity contribution in [3.8, 4) is 11.5 Å². The van der Waals surface area contributed by atoms with Crippen LogP contribution in [-0.2, 0) is 21.7 Å². The van der Waals surface area contributed by atoms with Crippen LogP contribution in [0.5, 0.6) is 11.5 Å². The number of phenolic OH excluding ortho intramolecular Hbond substituents is 2. The first-order valence-electron chi connectivity index (χ1n) is 15.4. The highest BCUT2D eigenvalue weighted by atomic mass is 16.6. The van der Waals surface area contributed by atoms with Crippen LogP contribution in [0.3, 0.4) is 0 Å². The van der Waals surface area contributed by atoms with Crippen LogP contribution in [-0.4, -0.2) is 20.1 Å². The second kappa shape index (κ2) is 12.4. The van der Waals surface area contributed by atoms with Crippen molar-refractivity contribution in [1.82, 2.24) is 0 Å². The van der Waals surface area contributed by atoms with Crippen LogP contribution in [0.15, 0.2) is 36.4 Å².